The number of nitrogens with one attached hydrogen (secondary N) is 2. The highest BCUT2D eigenvalue weighted by Crippen LogP contribution is 2.23. The number of nitrogen functional groups attached to an aromatic ring is 1. The fourth-order valence-corrected chi connectivity index (χ4v) is 3.14. The standard InChI is InChI=1S/C19H24N6O2/c1-12(2)13-3-5-14(6-4-13)23-19(27)24-15-7-8-25(9-15)18-16(10-26)17(20)21-11-22-18/h3-6,10-12,15H,7-9H2,1-2H3,(H2,20,21,22)(H2,23,24,27). The van der Waals surface area contributed by atoms with Crippen LogP contribution in [0.25, 0.3) is 0 Å². The number of hydrogen-bond donors (Lipinski definition) is 3. The van der Waals surface area contributed by atoms with Crippen LogP contribution in [-0.2, 0) is 0 Å². The average Bonchev–Trinajstić information content (AvgIpc) is 3.10. The highest BCUT2D eigenvalue weighted by molar-refractivity contribution is 5.90. The Labute approximate surface area is 158 Å². The van der Waals surface area contributed by atoms with Crippen LogP contribution >= 0.6 is 0 Å². The molecule has 0 aliphatic carbocycles. The van der Waals surface area contributed by atoms with Crippen molar-refractivity contribution < 1.29 is 9.59 Å². The number of amides is 2. The highest BCUT2D eigenvalue weighted by atomic mass is 16.2. The predicted molar refractivity (Wildman–Crippen MR) is 105 cm³/mol. The van der Waals surface area contributed by atoms with E-state index in [0.717, 1.165) is 12.1 Å². The first-order valence-electron chi connectivity index (χ1n) is 8.96. The van der Waals surface area contributed by atoms with Crippen LogP contribution in [0.4, 0.5) is 22.1 Å². The van der Waals surface area contributed by atoms with Gasteiger partial charge in [-0.25, -0.2) is 14.8 Å². The lowest BCUT2D eigenvalue weighted by molar-refractivity contribution is 0.112. The zero-order valence-corrected chi connectivity index (χ0v) is 15.5. The Morgan fingerprint density at radius 2 is 2.04 bits per heavy atom. The van der Waals surface area contributed by atoms with Crippen molar-refractivity contribution in [3.05, 3.63) is 41.7 Å². The normalized spacial score (nSPS) is 16.4. The van der Waals surface area contributed by atoms with Crippen molar-refractivity contribution in [2.45, 2.75) is 32.2 Å². The Kier molecular flexibility index (Phi) is 5.54. The van der Waals surface area contributed by atoms with Gasteiger partial charge in [0.25, 0.3) is 0 Å². The number of aldehydes is 1. The Hall–Kier alpha value is -3.16. The molecule has 2 heterocycles. The van der Waals surface area contributed by atoms with Crippen molar-refractivity contribution in [2.75, 3.05) is 29.0 Å². The zero-order valence-electron chi connectivity index (χ0n) is 15.5. The Morgan fingerprint density at radius 1 is 1.30 bits per heavy atom. The summed E-state index contributed by atoms with van der Waals surface area (Å²) in [6, 6.07) is 7.52. The van der Waals surface area contributed by atoms with E-state index >= 15 is 0 Å². The summed E-state index contributed by atoms with van der Waals surface area (Å²) in [5.74, 6) is 1.12. The third-order valence-corrected chi connectivity index (χ3v) is 4.67. The van der Waals surface area contributed by atoms with Crippen LogP contribution in [0.5, 0.6) is 0 Å². The minimum atomic E-state index is -0.253. The van der Waals surface area contributed by atoms with Gasteiger partial charge in [0.1, 0.15) is 18.0 Å². The monoisotopic (exact) mass is 368 g/mol. The van der Waals surface area contributed by atoms with E-state index in [4.69, 9.17) is 5.73 Å². The molecule has 0 bridgehead atoms. The summed E-state index contributed by atoms with van der Waals surface area (Å²) in [5.41, 5.74) is 8.00. The molecular weight excluding hydrogens is 344 g/mol. The van der Waals surface area contributed by atoms with Crippen LogP contribution in [0.1, 0.15) is 42.1 Å². The van der Waals surface area contributed by atoms with Gasteiger partial charge in [-0.2, -0.15) is 0 Å². The fourth-order valence-electron chi connectivity index (χ4n) is 3.14. The molecule has 27 heavy (non-hydrogen) atoms. The second-order valence-electron chi connectivity index (χ2n) is 6.92. The van der Waals surface area contributed by atoms with E-state index in [-0.39, 0.29) is 23.5 Å². The number of carbonyl (C=O) groups excluding carboxylic acids is 2. The minimum Gasteiger partial charge on any atom is -0.383 e. The van der Waals surface area contributed by atoms with Crippen molar-refractivity contribution in [3.8, 4) is 0 Å². The molecule has 4 N–H and O–H groups in total. The second-order valence-corrected chi connectivity index (χ2v) is 6.92. The van der Waals surface area contributed by atoms with E-state index in [1.807, 2.05) is 29.2 Å². The number of urea groups is 1. The van der Waals surface area contributed by atoms with Crippen molar-refractivity contribution in [1.29, 1.82) is 0 Å². The molecule has 3 rings (SSSR count). The second kappa shape index (κ2) is 8.03. The SMILES string of the molecule is CC(C)c1ccc(NC(=O)NC2CCN(c3ncnc(N)c3C=O)C2)cc1. The molecule has 0 radical (unpaired) electrons. The largest absolute Gasteiger partial charge is 0.383 e. The lowest BCUT2D eigenvalue weighted by Crippen LogP contribution is -2.40. The first kappa shape index (κ1) is 18.6. The zero-order chi connectivity index (χ0) is 19.4. The van der Waals surface area contributed by atoms with E-state index in [1.54, 1.807) is 0 Å². The third-order valence-electron chi connectivity index (χ3n) is 4.67. The van der Waals surface area contributed by atoms with Crippen LogP contribution < -0.4 is 21.3 Å². The summed E-state index contributed by atoms with van der Waals surface area (Å²) in [5, 5.41) is 5.81. The van der Waals surface area contributed by atoms with Gasteiger partial charge >= 0.3 is 6.03 Å². The summed E-state index contributed by atoms with van der Waals surface area (Å²) in [4.78, 5) is 33.5. The Morgan fingerprint density at radius 3 is 2.70 bits per heavy atom. The molecular formula is C19H24N6O2. The van der Waals surface area contributed by atoms with Gasteiger partial charge in [0.05, 0.1) is 5.56 Å². The van der Waals surface area contributed by atoms with Crippen LogP contribution in [0.3, 0.4) is 0 Å². The Bertz CT molecular complexity index is 821. The van der Waals surface area contributed by atoms with Gasteiger partial charge in [0, 0.05) is 24.8 Å². The molecule has 1 aromatic carbocycles. The number of carbonyl (C=O) groups is 2. The van der Waals surface area contributed by atoms with Crippen LogP contribution in [0.15, 0.2) is 30.6 Å². The van der Waals surface area contributed by atoms with Gasteiger partial charge in [-0.15, -0.1) is 0 Å². The molecule has 1 aliphatic heterocycles. The summed E-state index contributed by atoms with van der Waals surface area (Å²) >= 11 is 0. The highest BCUT2D eigenvalue weighted by Gasteiger charge is 2.27. The summed E-state index contributed by atoms with van der Waals surface area (Å²) in [6.07, 6.45) is 2.76. The molecule has 8 heteroatoms. The van der Waals surface area contributed by atoms with Gasteiger partial charge < -0.3 is 21.3 Å². The number of rotatable bonds is 5. The van der Waals surface area contributed by atoms with Gasteiger partial charge in [-0.1, -0.05) is 26.0 Å². The molecule has 1 fully saturated rings. The maximum absolute atomic E-state index is 12.3. The van der Waals surface area contributed by atoms with E-state index in [2.05, 4.69) is 34.4 Å². The number of nitrogens with zero attached hydrogens (tertiary/aromatic N) is 3. The van der Waals surface area contributed by atoms with E-state index in [9.17, 15) is 9.59 Å². The fraction of sp³-hybridized carbons (Fsp3) is 0.368. The number of aromatic nitrogens is 2. The first-order valence-corrected chi connectivity index (χ1v) is 8.96. The van der Waals surface area contributed by atoms with Crippen molar-refractivity contribution in [3.63, 3.8) is 0 Å². The van der Waals surface area contributed by atoms with E-state index in [1.165, 1.54) is 11.9 Å². The van der Waals surface area contributed by atoms with Gasteiger partial charge in [-0.05, 0) is 30.0 Å². The minimum absolute atomic E-state index is 0.0457. The first-order chi connectivity index (χ1) is 13.0. The molecule has 142 valence electrons. The Balaban J connectivity index is 1.57. The molecule has 1 aromatic heterocycles. The molecule has 2 aromatic rings. The van der Waals surface area contributed by atoms with Crippen LogP contribution in [0, 0.1) is 0 Å². The van der Waals surface area contributed by atoms with Crippen molar-refractivity contribution >= 4 is 29.6 Å². The molecule has 1 atom stereocenters. The van der Waals surface area contributed by atoms with Gasteiger partial charge in [-0.3, -0.25) is 4.79 Å². The van der Waals surface area contributed by atoms with Crippen LogP contribution in [0.2, 0.25) is 0 Å². The lowest BCUT2D eigenvalue weighted by atomic mass is 10.0. The summed E-state index contributed by atoms with van der Waals surface area (Å²) < 4.78 is 0. The number of nitrogens with two attached hydrogens (primary N) is 1. The van der Waals surface area contributed by atoms with Gasteiger partial charge in [0.2, 0.25) is 0 Å². The number of benzene rings is 1. The maximum Gasteiger partial charge on any atom is 0.319 e. The van der Waals surface area contributed by atoms with E-state index in [0.29, 0.717) is 31.1 Å². The molecule has 1 unspecified atom stereocenters. The summed E-state index contributed by atoms with van der Waals surface area (Å²) in [6.45, 7) is 5.48. The smallest absolute Gasteiger partial charge is 0.319 e. The average molecular weight is 368 g/mol. The number of anilines is 3. The van der Waals surface area contributed by atoms with E-state index < -0.39 is 0 Å². The molecule has 1 aliphatic rings. The molecule has 1 saturated heterocycles. The van der Waals surface area contributed by atoms with Crippen LogP contribution in [-0.4, -0.2) is 41.4 Å². The maximum atomic E-state index is 12.3. The summed E-state index contributed by atoms with van der Waals surface area (Å²) in [7, 11) is 0. The number of hydrogen-bond acceptors (Lipinski definition) is 6. The quantitative estimate of drug-likeness (QED) is 0.699. The topological polar surface area (TPSA) is 113 Å². The third kappa shape index (κ3) is 4.33. The van der Waals surface area contributed by atoms with Crippen molar-refractivity contribution in [2.24, 2.45) is 0 Å². The van der Waals surface area contributed by atoms with Crippen molar-refractivity contribution in [1.82, 2.24) is 15.3 Å². The molecule has 0 spiro atoms. The lowest BCUT2D eigenvalue weighted by Gasteiger charge is -2.19. The van der Waals surface area contributed by atoms with Gasteiger partial charge in [0.15, 0.2) is 6.29 Å². The molecule has 8 nitrogen and oxygen atoms in total. The predicted octanol–water partition coefficient (Wildman–Crippen LogP) is 2.40. The molecule has 0 saturated carbocycles. The molecule has 2 amide bonds.